The molecule has 1 aromatic rings. The van der Waals surface area contributed by atoms with Gasteiger partial charge in [-0.05, 0) is 51.5 Å². The van der Waals surface area contributed by atoms with Gasteiger partial charge in [-0.2, -0.15) is 4.39 Å². The Labute approximate surface area is 120 Å². The number of carbonyl (C=O) groups excluding carboxylic acids is 1. The first-order valence-electron chi connectivity index (χ1n) is 7.22. The minimum atomic E-state index is -0.633. The van der Waals surface area contributed by atoms with Crippen molar-refractivity contribution in [3.8, 4) is 0 Å². The molecule has 0 saturated carbocycles. The first-order valence-corrected chi connectivity index (χ1v) is 7.22. The van der Waals surface area contributed by atoms with E-state index in [1.165, 1.54) is 18.2 Å². The molecule has 0 radical (unpaired) electrons. The third-order valence-corrected chi connectivity index (χ3v) is 3.33. The van der Waals surface area contributed by atoms with Gasteiger partial charge >= 0.3 is 0 Å². The lowest BCUT2D eigenvalue weighted by atomic mass is 10.1. The molecule has 1 N–H and O–H groups in total. The van der Waals surface area contributed by atoms with Gasteiger partial charge in [0.05, 0.1) is 0 Å². The fourth-order valence-electron chi connectivity index (χ4n) is 2.07. The van der Waals surface area contributed by atoms with Crippen LogP contribution < -0.4 is 5.32 Å². The number of nitrogens with one attached hydrogen (secondary N) is 1. The second-order valence-electron chi connectivity index (χ2n) is 4.89. The number of amides is 1. The standard InChI is InChI=1S/C15H24FN3O/c1-4-19(5-2)11-7-8-12(3)17-15(20)13-9-6-10-14(16)18-13/h6,9-10,12H,4-5,7-8,11H2,1-3H3,(H,17,20). The molecule has 1 rings (SSSR count). The normalized spacial score (nSPS) is 12.4. The van der Waals surface area contributed by atoms with Crippen molar-refractivity contribution in [1.29, 1.82) is 0 Å². The molecule has 0 fully saturated rings. The lowest BCUT2D eigenvalue weighted by Crippen LogP contribution is -2.34. The van der Waals surface area contributed by atoms with Crippen LogP contribution in [0.25, 0.3) is 0 Å². The highest BCUT2D eigenvalue weighted by atomic mass is 19.1. The van der Waals surface area contributed by atoms with E-state index in [4.69, 9.17) is 0 Å². The predicted molar refractivity (Wildman–Crippen MR) is 78.1 cm³/mol. The number of hydrogen-bond donors (Lipinski definition) is 1. The fraction of sp³-hybridized carbons (Fsp3) is 0.600. The van der Waals surface area contributed by atoms with Gasteiger partial charge in [0.2, 0.25) is 5.95 Å². The van der Waals surface area contributed by atoms with Gasteiger partial charge in [0.25, 0.3) is 5.91 Å². The Bertz CT molecular complexity index is 421. The third kappa shape index (κ3) is 5.65. The molecule has 4 nitrogen and oxygen atoms in total. The lowest BCUT2D eigenvalue weighted by Gasteiger charge is -2.19. The fourth-order valence-corrected chi connectivity index (χ4v) is 2.07. The van der Waals surface area contributed by atoms with Gasteiger partial charge < -0.3 is 10.2 Å². The number of hydrogen-bond acceptors (Lipinski definition) is 3. The van der Waals surface area contributed by atoms with Crippen molar-refractivity contribution in [3.05, 3.63) is 29.8 Å². The van der Waals surface area contributed by atoms with Crippen molar-refractivity contribution in [3.63, 3.8) is 0 Å². The quantitative estimate of drug-likeness (QED) is 0.745. The Kier molecular flexibility index (Phi) is 7.15. The summed E-state index contributed by atoms with van der Waals surface area (Å²) in [6.07, 6.45) is 1.93. The molecule has 0 aliphatic heterocycles. The second-order valence-corrected chi connectivity index (χ2v) is 4.89. The summed E-state index contributed by atoms with van der Waals surface area (Å²) in [6.45, 7) is 9.37. The summed E-state index contributed by atoms with van der Waals surface area (Å²) in [5, 5.41) is 2.85. The minimum absolute atomic E-state index is 0.0585. The minimum Gasteiger partial charge on any atom is -0.348 e. The monoisotopic (exact) mass is 281 g/mol. The van der Waals surface area contributed by atoms with E-state index in [0.717, 1.165) is 32.5 Å². The van der Waals surface area contributed by atoms with E-state index in [9.17, 15) is 9.18 Å². The lowest BCUT2D eigenvalue weighted by molar-refractivity contribution is 0.0931. The molecule has 1 atom stereocenters. The third-order valence-electron chi connectivity index (χ3n) is 3.33. The molecule has 112 valence electrons. The van der Waals surface area contributed by atoms with Crippen LogP contribution in [0.3, 0.4) is 0 Å². The molecule has 1 amide bonds. The Hall–Kier alpha value is -1.49. The first kappa shape index (κ1) is 16.6. The zero-order valence-electron chi connectivity index (χ0n) is 12.5. The van der Waals surface area contributed by atoms with Crippen LogP contribution in [0.1, 0.15) is 44.1 Å². The van der Waals surface area contributed by atoms with Gasteiger partial charge in [0, 0.05) is 6.04 Å². The van der Waals surface area contributed by atoms with Crippen molar-refractivity contribution in [2.45, 2.75) is 39.7 Å². The van der Waals surface area contributed by atoms with E-state index in [1.54, 1.807) is 0 Å². The van der Waals surface area contributed by atoms with Crippen molar-refractivity contribution in [2.24, 2.45) is 0 Å². The number of pyridine rings is 1. The number of nitrogens with zero attached hydrogens (tertiary/aromatic N) is 2. The van der Waals surface area contributed by atoms with Crippen molar-refractivity contribution < 1.29 is 9.18 Å². The highest BCUT2D eigenvalue weighted by molar-refractivity contribution is 5.92. The molecule has 0 aliphatic carbocycles. The Balaban J connectivity index is 2.35. The van der Waals surface area contributed by atoms with E-state index in [1.807, 2.05) is 6.92 Å². The van der Waals surface area contributed by atoms with Crippen molar-refractivity contribution in [1.82, 2.24) is 15.2 Å². The first-order chi connectivity index (χ1) is 9.56. The van der Waals surface area contributed by atoms with Crippen LogP contribution in [0.5, 0.6) is 0 Å². The van der Waals surface area contributed by atoms with Crippen molar-refractivity contribution in [2.75, 3.05) is 19.6 Å². The summed E-state index contributed by atoms with van der Waals surface area (Å²) in [4.78, 5) is 17.8. The molecule has 0 aliphatic rings. The van der Waals surface area contributed by atoms with Crippen LogP contribution in [-0.2, 0) is 0 Å². The number of halogens is 1. The van der Waals surface area contributed by atoms with E-state index < -0.39 is 5.95 Å². The van der Waals surface area contributed by atoms with Gasteiger partial charge in [-0.25, -0.2) is 4.98 Å². The summed E-state index contributed by atoms with van der Waals surface area (Å²) in [5.74, 6) is -0.952. The van der Waals surface area contributed by atoms with Crippen LogP contribution in [0, 0.1) is 5.95 Å². The second kappa shape index (κ2) is 8.64. The predicted octanol–water partition coefficient (Wildman–Crippen LogP) is 2.46. The average molecular weight is 281 g/mol. The van der Waals surface area contributed by atoms with E-state index in [-0.39, 0.29) is 17.6 Å². The van der Waals surface area contributed by atoms with Crippen molar-refractivity contribution >= 4 is 5.91 Å². The van der Waals surface area contributed by atoms with Crippen LogP contribution >= 0.6 is 0 Å². The van der Waals surface area contributed by atoms with E-state index in [0.29, 0.717) is 0 Å². The highest BCUT2D eigenvalue weighted by Gasteiger charge is 2.11. The summed E-state index contributed by atoms with van der Waals surface area (Å²) < 4.78 is 12.9. The molecule has 20 heavy (non-hydrogen) atoms. The van der Waals surface area contributed by atoms with Gasteiger partial charge in [-0.1, -0.05) is 19.9 Å². The molecule has 1 unspecified atom stereocenters. The summed E-state index contributed by atoms with van der Waals surface area (Å²) in [7, 11) is 0. The summed E-state index contributed by atoms with van der Waals surface area (Å²) in [5.41, 5.74) is 0.126. The SMILES string of the molecule is CCN(CC)CCCC(C)NC(=O)c1cccc(F)n1. The Morgan fingerprint density at radius 2 is 2.10 bits per heavy atom. The molecule has 1 aromatic heterocycles. The maximum Gasteiger partial charge on any atom is 0.270 e. The maximum absolute atomic E-state index is 12.9. The van der Waals surface area contributed by atoms with Crippen LogP contribution in [0.15, 0.2) is 18.2 Å². The van der Waals surface area contributed by atoms with Gasteiger partial charge in [0.15, 0.2) is 0 Å². The van der Waals surface area contributed by atoms with E-state index in [2.05, 4.69) is 29.0 Å². The van der Waals surface area contributed by atoms with Crippen LogP contribution in [0.4, 0.5) is 4.39 Å². The van der Waals surface area contributed by atoms with Gasteiger partial charge in [0.1, 0.15) is 5.69 Å². The maximum atomic E-state index is 12.9. The summed E-state index contributed by atoms with van der Waals surface area (Å²) in [6, 6.07) is 4.29. The topological polar surface area (TPSA) is 45.2 Å². The van der Waals surface area contributed by atoms with Gasteiger partial charge in [-0.3, -0.25) is 4.79 Å². The largest absolute Gasteiger partial charge is 0.348 e. The molecule has 5 heteroatoms. The number of aromatic nitrogens is 1. The highest BCUT2D eigenvalue weighted by Crippen LogP contribution is 2.02. The molecule has 1 heterocycles. The molecule has 0 spiro atoms. The summed E-state index contributed by atoms with van der Waals surface area (Å²) >= 11 is 0. The molecule has 0 aromatic carbocycles. The average Bonchev–Trinajstić information content (AvgIpc) is 2.43. The Morgan fingerprint density at radius 3 is 2.70 bits per heavy atom. The zero-order valence-corrected chi connectivity index (χ0v) is 12.5. The Morgan fingerprint density at radius 1 is 1.40 bits per heavy atom. The molecule has 0 bridgehead atoms. The smallest absolute Gasteiger partial charge is 0.270 e. The molecular formula is C15H24FN3O. The molecular weight excluding hydrogens is 257 g/mol. The van der Waals surface area contributed by atoms with Gasteiger partial charge in [-0.15, -0.1) is 0 Å². The van der Waals surface area contributed by atoms with E-state index >= 15 is 0 Å². The number of rotatable bonds is 8. The van der Waals surface area contributed by atoms with Crippen LogP contribution in [0.2, 0.25) is 0 Å². The number of carbonyl (C=O) groups is 1. The van der Waals surface area contributed by atoms with Crippen LogP contribution in [-0.4, -0.2) is 41.5 Å². The zero-order chi connectivity index (χ0) is 15.0. The molecule has 0 saturated heterocycles.